The lowest BCUT2D eigenvalue weighted by molar-refractivity contribution is -0.140. The Hall–Kier alpha value is -0.610. The quantitative estimate of drug-likeness (QED) is 0.380. The van der Waals surface area contributed by atoms with Crippen LogP contribution in [0.5, 0.6) is 0 Å². The fourth-order valence-electron chi connectivity index (χ4n) is 2.28. The summed E-state index contributed by atoms with van der Waals surface area (Å²) in [6, 6.07) is 0. The number of rotatable bonds is 14. The van der Waals surface area contributed by atoms with Crippen LogP contribution in [0.25, 0.3) is 0 Å². The fraction of sp³-hybridized carbons (Fsp3) is 0.938. The topological polar surface area (TPSA) is 66.8 Å². The van der Waals surface area contributed by atoms with E-state index in [1.165, 1.54) is 39.2 Å². The third kappa shape index (κ3) is 13.8. The Morgan fingerprint density at radius 2 is 1.40 bits per heavy atom. The molecule has 0 amide bonds. The van der Waals surface area contributed by atoms with E-state index in [-0.39, 0.29) is 18.7 Å². The lowest BCUT2D eigenvalue weighted by atomic mass is 10.0. The van der Waals surface area contributed by atoms with Gasteiger partial charge in [0.2, 0.25) is 0 Å². The molecule has 0 aromatic rings. The van der Waals surface area contributed by atoms with Gasteiger partial charge in [0.25, 0.3) is 0 Å². The number of ether oxygens (including phenoxy) is 1. The van der Waals surface area contributed by atoms with Crippen molar-refractivity contribution >= 4 is 5.97 Å². The predicted octanol–water partition coefficient (Wildman–Crippen LogP) is 3.19. The van der Waals surface area contributed by atoms with E-state index in [9.17, 15) is 9.90 Å². The summed E-state index contributed by atoms with van der Waals surface area (Å²) in [5.74, 6) is -0.107. The highest BCUT2D eigenvalue weighted by Gasteiger charge is 2.03. The molecule has 0 saturated heterocycles. The van der Waals surface area contributed by atoms with Gasteiger partial charge < -0.3 is 14.9 Å². The molecule has 0 saturated carbocycles. The van der Waals surface area contributed by atoms with Crippen molar-refractivity contribution < 1.29 is 19.7 Å². The largest absolute Gasteiger partial charge is 0.469 e. The van der Waals surface area contributed by atoms with E-state index in [4.69, 9.17) is 5.11 Å². The van der Waals surface area contributed by atoms with Crippen LogP contribution in [0.15, 0.2) is 0 Å². The van der Waals surface area contributed by atoms with Crippen molar-refractivity contribution in [3.05, 3.63) is 0 Å². The van der Waals surface area contributed by atoms with Crippen LogP contribution in [0.1, 0.15) is 77.0 Å². The Morgan fingerprint density at radius 3 is 1.95 bits per heavy atom. The highest BCUT2D eigenvalue weighted by atomic mass is 16.5. The minimum atomic E-state index is -0.236. The summed E-state index contributed by atoms with van der Waals surface area (Å²) >= 11 is 0. The van der Waals surface area contributed by atoms with E-state index in [1.54, 1.807) is 0 Å². The van der Waals surface area contributed by atoms with E-state index in [2.05, 4.69) is 4.74 Å². The van der Waals surface area contributed by atoms with E-state index in [1.807, 2.05) is 0 Å². The van der Waals surface area contributed by atoms with Crippen LogP contribution in [0, 0.1) is 0 Å². The van der Waals surface area contributed by atoms with Gasteiger partial charge in [-0.3, -0.25) is 4.79 Å². The smallest absolute Gasteiger partial charge is 0.305 e. The Labute approximate surface area is 123 Å². The van der Waals surface area contributed by atoms with Crippen LogP contribution < -0.4 is 0 Å². The van der Waals surface area contributed by atoms with Crippen molar-refractivity contribution in [2.75, 3.05) is 13.7 Å². The number of methoxy groups -OCH3 is 1. The Morgan fingerprint density at radius 1 is 0.900 bits per heavy atom. The van der Waals surface area contributed by atoms with Crippen LogP contribution >= 0.6 is 0 Å². The van der Waals surface area contributed by atoms with Crippen molar-refractivity contribution in [1.29, 1.82) is 0 Å². The summed E-state index contributed by atoms with van der Waals surface area (Å²) in [5.41, 5.74) is 0. The van der Waals surface area contributed by atoms with Crippen LogP contribution in [0.2, 0.25) is 0 Å². The molecule has 4 nitrogen and oxygen atoms in total. The third-order valence-corrected chi connectivity index (χ3v) is 3.59. The molecule has 0 aliphatic carbocycles. The van der Waals surface area contributed by atoms with Gasteiger partial charge in [0.1, 0.15) is 0 Å². The van der Waals surface area contributed by atoms with E-state index >= 15 is 0 Å². The van der Waals surface area contributed by atoms with Gasteiger partial charge in [0, 0.05) is 13.0 Å². The maximum absolute atomic E-state index is 10.9. The molecular formula is C16H32O4. The number of esters is 1. The van der Waals surface area contributed by atoms with Crippen LogP contribution in [-0.4, -0.2) is 36.0 Å². The van der Waals surface area contributed by atoms with Gasteiger partial charge in [-0.2, -0.15) is 0 Å². The molecular weight excluding hydrogens is 256 g/mol. The number of carbonyl (C=O) groups is 1. The predicted molar refractivity (Wildman–Crippen MR) is 80.5 cm³/mol. The number of unbranched alkanes of at least 4 members (excludes halogenated alkanes) is 7. The SMILES string of the molecule is COC(=O)CCCCCCCCCC[C@H](O)CCCO. The van der Waals surface area contributed by atoms with Gasteiger partial charge in [0.05, 0.1) is 13.2 Å². The summed E-state index contributed by atoms with van der Waals surface area (Å²) in [4.78, 5) is 10.9. The monoisotopic (exact) mass is 288 g/mol. The van der Waals surface area contributed by atoms with Gasteiger partial charge in [-0.05, 0) is 25.7 Å². The molecule has 0 spiro atoms. The molecule has 0 radical (unpaired) electrons. The highest BCUT2D eigenvalue weighted by molar-refractivity contribution is 5.68. The first kappa shape index (κ1) is 19.4. The first-order valence-corrected chi connectivity index (χ1v) is 8.06. The summed E-state index contributed by atoms with van der Waals surface area (Å²) < 4.78 is 4.59. The highest BCUT2D eigenvalue weighted by Crippen LogP contribution is 2.13. The maximum Gasteiger partial charge on any atom is 0.305 e. The minimum absolute atomic E-state index is 0.107. The number of hydrogen-bond donors (Lipinski definition) is 2. The second-order valence-electron chi connectivity index (χ2n) is 5.46. The normalized spacial score (nSPS) is 12.3. The fourth-order valence-corrected chi connectivity index (χ4v) is 2.28. The van der Waals surface area contributed by atoms with Crippen LogP contribution in [0.4, 0.5) is 0 Å². The van der Waals surface area contributed by atoms with E-state index in [0.29, 0.717) is 12.8 Å². The standard InChI is InChI=1S/C16H32O4/c1-20-16(19)13-9-7-5-3-2-4-6-8-11-15(18)12-10-14-17/h15,17-18H,2-14H2,1H3/t15-/m0/s1. The Kier molecular flexibility index (Phi) is 14.3. The Bertz CT molecular complexity index is 219. The van der Waals surface area contributed by atoms with Crippen LogP contribution in [0.3, 0.4) is 0 Å². The molecule has 120 valence electrons. The van der Waals surface area contributed by atoms with Crippen LogP contribution in [-0.2, 0) is 9.53 Å². The van der Waals surface area contributed by atoms with Crippen molar-refractivity contribution in [1.82, 2.24) is 0 Å². The molecule has 0 aliphatic rings. The molecule has 20 heavy (non-hydrogen) atoms. The second-order valence-corrected chi connectivity index (χ2v) is 5.46. The lowest BCUT2D eigenvalue weighted by Gasteiger charge is -2.09. The molecule has 4 heteroatoms. The van der Waals surface area contributed by atoms with Gasteiger partial charge >= 0.3 is 5.97 Å². The number of aliphatic hydroxyl groups excluding tert-OH is 2. The first-order valence-electron chi connectivity index (χ1n) is 8.06. The number of aliphatic hydroxyl groups is 2. The maximum atomic E-state index is 10.9. The molecule has 0 heterocycles. The summed E-state index contributed by atoms with van der Waals surface area (Å²) in [7, 11) is 1.43. The molecule has 0 bridgehead atoms. The summed E-state index contributed by atoms with van der Waals surface area (Å²) in [6.07, 6.45) is 11.8. The zero-order valence-corrected chi connectivity index (χ0v) is 13.0. The molecule has 0 rings (SSSR count). The molecule has 2 N–H and O–H groups in total. The first-order chi connectivity index (χ1) is 9.70. The zero-order valence-electron chi connectivity index (χ0n) is 13.0. The van der Waals surface area contributed by atoms with Gasteiger partial charge in [-0.1, -0.05) is 44.9 Å². The third-order valence-electron chi connectivity index (χ3n) is 3.59. The zero-order chi connectivity index (χ0) is 15.1. The molecule has 0 aromatic carbocycles. The van der Waals surface area contributed by atoms with E-state index in [0.717, 1.165) is 32.1 Å². The molecule has 0 fully saturated rings. The van der Waals surface area contributed by atoms with Gasteiger partial charge in [0.15, 0.2) is 0 Å². The molecule has 1 atom stereocenters. The number of hydrogen-bond acceptors (Lipinski definition) is 4. The average Bonchev–Trinajstić information content (AvgIpc) is 2.46. The lowest BCUT2D eigenvalue weighted by Crippen LogP contribution is -2.06. The average molecular weight is 288 g/mol. The number of carbonyl (C=O) groups excluding carboxylic acids is 1. The summed E-state index contributed by atoms with van der Waals surface area (Å²) in [5, 5.41) is 18.2. The molecule has 0 aliphatic heterocycles. The van der Waals surface area contributed by atoms with Crippen molar-refractivity contribution in [3.63, 3.8) is 0 Å². The summed E-state index contributed by atoms with van der Waals surface area (Å²) in [6.45, 7) is 0.174. The second kappa shape index (κ2) is 14.8. The van der Waals surface area contributed by atoms with Crippen molar-refractivity contribution in [2.24, 2.45) is 0 Å². The van der Waals surface area contributed by atoms with Gasteiger partial charge in [-0.25, -0.2) is 0 Å². The minimum Gasteiger partial charge on any atom is -0.469 e. The molecule has 0 aromatic heterocycles. The van der Waals surface area contributed by atoms with Gasteiger partial charge in [-0.15, -0.1) is 0 Å². The van der Waals surface area contributed by atoms with E-state index < -0.39 is 0 Å². The molecule has 0 unspecified atom stereocenters. The van der Waals surface area contributed by atoms with Crippen molar-refractivity contribution in [2.45, 2.75) is 83.2 Å². The Balaban J connectivity index is 3.11. The van der Waals surface area contributed by atoms with Crippen molar-refractivity contribution in [3.8, 4) is 0 Å².